The van der Waals surface area contributed by atoms with Crippen LogP contribution in [0.4, 0.5) is 0 Å². The molecule has 1 aromatic rings. The van der Waals surface area contributed by atoms with Crippen molar-refractivity contribution in [3.63, 3.8) is 0 Å². The van der Waals surface area contributed by atoms with Crippen molar-refractivity contribution in [2.24, 2.45) is 5.73 Å². The van der Waals surface area contributed by atoms with Crippen LogP contribution >= 0.6 is 0 Å². The lowest BCUT2D eigenvalue weighted by Gasteiger charge is -2.38. The molecule has 2 aliphatic rings. The molecule has 80 valence electrons. The number of aryl methyl sites for hydroxylation is 2. The van der Waals surface area contributed by atoms with Crippen LogP contribution in [0, 0.1) is 0 Å². The van der Waals surface area contributed by atoms with Gasteiger partial charge in [0.2, 0.25) is 0 Å². The Balaban J connectivity index is 1.97. The number of hydrogen-bond acceptors (Lipinski definition) is 2. The lowest BCUT2D eigenvalue weighted by atomic mass is 9.83. The van der Waals surface area contributed by atoms with Crippen LogP contribution in [0.2, 0.25) is 0 Å². The van der Waals surface area contributed by atoms with Gasteiger partial charge in [0.15, 0.2) is 0 Å². The first-order chi connectivity index (χ1) is 7.28. The molecule has 0 bridgehead atoms. The second-order valence-corrected chi connectivity index (χ2v) is 4.84. The molecule has 0 amide bonds. The Bertz CT molecular complexity index is 382. The number of nitrogens with two attached hydrogens (primary N) is 1. The molecule has 0 spiro atoms. The molecule has 0 saturated carbocycles. The fourth-order valence-electron chi connectivity index (χ4n) is 2.53. The van der Waals surface area contributed by atoms with Gasteiger partial charge in [-0.05, 0) is 42.4 Å². The van der Waals surface area contributed by atoms with Crippen LogP contribution in [-0.4, -0.2) is 13.2 Å². The van der Waals surface area contributed by atoms with Gasteiger partial charge in [-0.2, -0.15) is 0 Å². The molecule has 1 saturated heterocycles. The minimum absolute atomic E-state index is 0.202. The van der Waals surface area contributed by atoms with Crippen LogP contribution in [-0.2, 0) is 23.1 Å². The summed E-state index contributed by atoms with van der Waals surface area (Å²) in [6.07, 6.45) is 5.12. The highest BCUT2D eigenvalue weighted by atomic mass is 16.5. The van der Waals surface area contributed by atoms with E-state index >= 15 is 0 Å². The van der Waals surface area contributed by atoms with E-state index in [1.54, 1.807) is 0 Å². The Morgan fingerprint density at radius 3 is 2.47 bits per heavy atom. The zero-order valence-corrected chi connectivity index (χ0v) is 8.96. The molecule has 0 radical (unpaired) electrons. The standard InChI is InChI=1S/C13H17NO/c14-13(8-15-9-13)12-6-5-10-3-1-2-4-11(10)7-12/h5-7H,1-4,8-9,14H2. The summed E-state index contributed by atoms with van der Waals surface area (Å²) < 4.78 is 5.21. The van der Waals surface area contributed by atoms with Gasteiger partial charge in [-0.1, -0.05) is 18.2 Å². The SMILES string of the molecule is NC1(c2ccc3c(c2)CCCC3)COC1. The highest BCUT2D eigenvalue weighted by Crippen LogP contribution is 2.30. The predicted molar refractivity (Wildman–Crippen MR) is 59.8 cm³/mol. The summed E-state index contributed by atoms with van der Waals surface area (Å²) in [6, 6.07) is 6.75. The second kappa shape index (κ2) is 3.32. The lowest BCUT2D eigenvalue weighted by molar-refractivity contribution is -0.0569. The maximum atomic E-state index is 6.23. The molecule has 15 heavy (non-hydrogen) atoms. The maximum Gasteiger partial charge on any atom is 0.0883 e. The zero-order valence-electron chi connectivity index (χ0n) is 8.96. The predicted octanol–water partition coefficient (Wildman–Crippen LogP) is 1.75. The van der Waals surface area contributed by atoms with E-state index in [0.717, 1.165) is 0 Å². The Labute approximate surface area is 90.4 Å². The van der Waals surface area contributed by atoms with Gasteiger partial charge < -0.3 is 10.5 Å². The first-order valence-corrected chi connectivity index (χ1v) is 5.77. The average Bonchev–Trinajstić information content (AvgIpc) is 2.25. The van der Waals surface area contributed by atoms with Crippen molar-refractivity contribution < 1.29 is 4.74 Å². The summed E-state index contributed by atoms with van der Waals surface area (Å²) in [4.78, 5) is 0. The van der Waals surface area contributed by atoms with E-state index in [1.807, 2.05) is 0 Å². The van der Waals surface area contributed by atoms with E-state index in [2.05, 4.69) is 18.2 Å². The molecule has 1 fully saturated rings. The van der Waals surface area contributed by atoms with Crippen molar-refractivity contribution in [1.29, 1.82) is 0 Å². The topological polar surface area (TPSA) is 35.2 Å². The van der Waals surface area contributed by atoms with E-state index in [0.29, 0.717) is 13.2 Å². The van der Waals surface area contributed by atoms with Crippen LogP contribution in [0.1, 0.15) is 29.5 Å². The largest absolute Gasteiger partial charge is 0.377 e. The Morgan fingerprint density at radius 2 is 1.80 bits per heavy atom. The van der Waals surface area contributed by atoms with Crippen molar-refractivity contribution in [3.8, 4) is 0 Å². The molecule has 1 aromatic carbocycles. The molecule has 0 aromatic heterocycles. The molecule has 2 nitrogen and oxygen atoms in total. The van der Waals surface area contributed by atoms with Crippen LogP contribution in [0.5, 0.6) is 0 Å². The first-order valence-electron chi connectivity index (χ1n) is 5.77. The molecule has 2 N–H and O–H groups in total. The Morgan fingerprint density at radius 1 is 1.07 bits per heavy atom. The third-order valence-corrected chi connectivity index (χ3v) is 3.64. The molecule has 0 unspecified atom stereocenters. The minimum Gasteiger partial charge on any atom is -0.377 e. The number of fused-ring (bicyclic) bond motifs is 1. The van der Waals surface area contributed by atoms with Gasteiger partial charge in [0, 0.05) is 0 Å². The monoisotopic (exact) mass is 203 g/mol. The summed E-state index contributed by atoms with van der Waals surface area (Å²) >= 11 is 0. The van der Waals surface area contributed by atoms with Gasteiger partial charge >= 0.3 is 0 Å². The van der Waals surface area contributed by atoms with Crippen LogP contribution in [0.3, 0.4) is 0 Å². The fourth-order valence-corrected chi connectivity index (χ4v) is 2.53. The number of hydrogen-bond donors (Lipinski definition) is 1. The summed E-state index contributed by atoms with van der Waals surface area (Å²) in [6.45, 7) is 1.34. The molecule has 1 aliphatic carbocycles. The zero-order chi connectivity index (χ0) is 10.3. The van der Waals surface area contributed by atoms with E-state index in [-0.39, 0.29) is 5.54 Å². The van der Waals surface area contributed by atoms with E-state index < -0.39 is 0 Å². The van der Waals surface area contributed by atoms with E-state index in [1.165, 1.54) is 42.4 Å². The molecule has 1 heterocycles. The second-order valence-electron chi connectivity index (χ2n) is 4.84. The first kappa shape index (κ1) is 9.37. The van der Waals surface area contributed by atoms with Gasteiger partial charge in [-0.3, -0.25) is 0 Å². The van der Waals surface area contributed by atoms with Crippen LogP contribution in [0.15, 0.2) is 18.2 Å². The van der Waals surface area contributed by atoms with Crippen LogP contribution < -0.4 is 5.73 Å². The summed E-state index contributed by atoms with van der Waals surface area (Å²) in [7, 11) is 0. The van der Waals surface area contributed by atoms with Gasteiger partial charge in [0.25, 0.3) is 0 Å². The van der Waals surface area contributed by atoms with Crippen molar-refractivity contribution in [2.45, 2.75) is 31.2 Å². The smallest absolute Gasteiger partial charge is 0.0883 e. The third-order valence-electron chi connectivity index (χ3n) is 3.64. The summed E-state index contributed by atoms with van der Waals surface area (Å²) in [5.74, 6) is 0. The van der Waals surface area contributed by atoms with Crippen molar-refractivity contribution in [1.82, 2.24) is 0 Å². The molecule has 0 atom stereocenters. The lowest BCUT2D eigenvalue weighted by Crippen LogP contribution is -2.54. The minimum atomic E-state index is -0.202. The van der Waals surface area contributed by atoms with Crippen molar-refractivity contribution >= 4 is 0 Å². The van der Waals surface area contributed by atoms with Gasteiger partial charge in [0.1, 0.15) is 0 Å². The molecule has 2 heteroatoms. The van der Waals surface area contributed by atoms with Crippen LogP contribution in [0.25, 0.3) is 0 Å². The fraction of sp³-hybridized carbons (Fsp3) is 0.538. The highest BCUT2D eigenvalue weighted by Gasteiger charge is 2.36. The Hall–Kier alpha value is -0.860. The highest BCUT2D eigenvalue weighted by molar-refractivity contribution is 5.37. The number of benzene rings is 1. The number of ether oxygens (including phenoxy) is 1. The van der Waals surface area contributed by atoms with Crippen molar-refractivity contribution in [3.05, 3.63) is 34.9 Å². The van der Waals surface area contributed by atoms with Gasteiger partial charge in [0.05, 0.1) is 18.8 Å². The normalized spacial score (nSPS) is 23.0. The maximum absolute atomic E-state index is 6.23. The average molecular weight is 203 g/mol. The summed E-state index contributed by atoms with van der Waals surface area (Å²) in [5.41, 5.74) is 10.3. The van der Waals surface area contributed by atoms with E-state index in [9.17, 15) is 0 Å². The van der Waals surface area contributed by atoms with Crippen molar-refractivity contribution in [2.75, 3.05) is 13.2 Å². The Kier molecular flexibility index (Phi) is 2.08. The quantitative estimate of drug-likeness (QED) is 0.754. The number of rotatable bonds is 1. The molecular weight excluding hydrogens is 186 g/mol. The molecule has 1 aliphatic heterocycles. The molecule has 3 rings (SSSR count). The summed E-state index contributed by atoms with van der Waals surface area (Å²) in [5, 5.41) is 0. The molecular formula is C13H17NO. The van der Waals surface area contributed by atoms with Gasteiger partial charge in [-0.15, -0.1) is 0 Å². The van der Waals surface area contributed by atoms with E-state index in [4.69, 9.17) is 10.5 Å². The van der Waals surface area contributed by atoms with Gasteiger partial charge in [-0.25, -0.2) is 0 Å². The third kappa shape index (κ3) is 1.48.